The fourth-order valence-corrected chi connectivity index (χ4v) is 2.04. The van der Waals surface area contributed by atoms with Gasteiger partial charge >= 0.3 is 105 Å². The van der Waals surface area contributed by atoms with Crippen molar-refractivity contribution in [3.05, 3.63) is 35.9 Å². The van der Waals surface area contributed by atoms with Crippen molar-refractivity contribution in [2.75, 3.05) is 13.0 Å². The number of carbonyl (C=O) groups excluding carboxylic acids is 1. The molecule has 0 N–H and O–H groups in total. The van der Waals surface area contributed by atoms with Crippen LogP contribution in [0.4, 0.5) is 0 Å². The first-order chi connectivity index (χ1) is 7.74. The van der Waals surface area contributed by atoms with E-state index in [4.69, 9.17) is 4.74 Å². The average Bonchev–Trinajstić information content (AvgIpc) is 2.25. The van der Waals surface area contributed by atoms with Crippen molar-refractivity contribution in [3.63, 3.8) is 0 Å². The summed E-state index contributed by atoms with van der Waals surface area (Å²) in [4.78, 5) is 11.8. The van der Waals surface area contributed by atoms with Gasteiger partial charge < -0.3 is 0 Å². The van der Waals surface area contributed by atoms with Crippen LogP contribution in [-0.4, -0.2) is 31.7 Å². The number of carbonyl (C=O) groups is 1. The summed E-state index contributed by atoms with van der Waals surface area (Å²) >= 11 is 0. The molecule has 0 saturated heterocycles. The van der Waals surface area contributed by atoms with Gasteiger partial charge in [0.2, 0.25) is 0 Å². The summed E-state index contributed by atoms with van der Waals surface area (Å²) in [6, 6.07) is 9.17. The van der Waals surface area contributed by atoms with Crippen molar-refractivity contribution in [2.45, 2.75) is 25.9 Å². The van der Waals surface area contributed by atoms with E-state index in [0.29, 0.717) is 11.9 Å². The van der Waals surface area contributed by atoms with E-state index >= 15 is 0 Å². The molecular weight excluding hydrogens is 230 g/mol. The number of benzene rings is 1. The zero-order chi connectivity index (χ0) is 13.1. The third-order valence-corrected chi connectivity index (χ3v) is 8.53. The molecular formula is C13H22BO2P. The van der Waals surface area contributed by atoms with Gasteiger partial charge in [-0.25, -0.2) is 0 Å². The molecule has 1 aromatic rings. The van der Waals surface area contributed by atoms with Crippen LogP contribution in [0.15, 0.2) is 30.3 Å². The second-order valence-corrected chi connectivity index (χ2v) is 11.6. The Labute approximate surface area is 105 Å². The van der Waals surface area contributed by atoms with Crippen LogP contribution in [-0.2, 0) is 4.74 Å². The summed E-state index contributed by atoms with van der Waals surface area (Å²) in [5.74, 6) is -0.213. The Morgan fingerprint density at radius 3 is 2.29 bits per heavy atom. The fourth-order valence-electron chi connectivity index (χ4n) is 1.12. The maximum absolute atomic E-state index is 11.8. The molecule has 1 rings (SSSR count). The summed E-state index contributed by atoms with van der Waals surface area (Å²) in [7, 11) is 0.712. The van der Waals surface area contributed by atoms with Crippen molar-refractivity contribution < 1.29 is 9.53 Å². The van der Waals surface area contributed by atoms with E-state index in [1.54, 1.807) is 12.1 Å². The molecule has 0 unspecified atom stereocenters. The Kier molecular flexibility index (Phi) is 4.38. The predicted molar refractivity (Wildman–Crippen MR) is 79.3 cm³/mol. The van der Waals surface area contributed by atoms with Crippen LogP contribution < -0.4 is 0 Å². The fraction of sp³-hybridized carbons (Fsp3) is 0.462. The topological polar surface area (TPSA) is 26.3 Å². The number of esters is 1. The molecule has 0 spiro atoms. The molecule has 0 heterocycles. The summed E-state index contributed by atoms with van der Waals surface area (Å²) < 4.78 is 5.44. The van der Waals surface area contributed by atoms with Gasteiger partial charge in [-0.1, -0.05) is 0 Å². The standard InChI is InChI=1S/C13H22BO2P/c1-13(2,3)17(4,14)10-16-12(15)11-8-6-5-7-9-11/h5-9,17H,10,14H2,1-4H3. The van der Waals surface area contributed by atoms with Gasteiger partial charge in [0, 0.05) is 0 Å². The zero-order valence-corrected chi connectivity index (χ0v) is 12.4. The molecule has 0 aliphatic carbocycles. The van der Waals surface area contributed by atoms with Gasteiger partial charge in [-0.15, -0.1) is 0 Å². The summed E-state index contributed by atoms with van der Waals surface area (Å²) in [5, 5.41) is 0.240. The van der Waals surface area contributed by atoms with Crippen LogP contribution in [0.1, 0.15) is 31.1 Å². The van der Waals surface area contributed by atoms with Gasteiger partial charge in [0.05, 0.1) is 0 Å². The van der Waals surface area contributed by atoms with Gasteiger partial charge in [0.1, 0.15) is 0 Å². The molecule has 4 heteroatoms. The van der Waals surface area contributed by atoms with Crippen LogP contribution in [0.3, 0.4) is 0 Å². The average molecular weight is 252 g/mol. The molecule has 0 bridgehead atoms. The van der Waals surface area contributed by atoms with Gasteiger partial charge in [0.15, 0.2) is 0 Å². The van der Waals surface area contributed by atoms with Crippen molar-refractivity contribution in [1.29, 1.82) is 0 Å². The van der Waals surface area contributed by atoms with Crippen LogP contribution in [0, 0.1) is 0 Å². The molecule has 2 nitrogen and oxygen atoms in total. The van der Waals surface area contributed by atoms with Crippen molar-refractivity contribution in [3.8, 4) is 0 Å². The Morgan fingerprint density at radius 2 is 1.82 bits per heavy atom. The van der Waals surface area contributed by atoms with Gasteiger partial charge in [-0.05, 0) is 0 Å². The van der Waals surface area contributed by atoms with E-state index < -0.39 is 7.14 Å². The van der Waals surface area contributed by atoms with E-state index in [9.17, 15) is 4.79 Å². The van der Waals surface area contributed by atoms with Crippen LogP contribution >= 0.6 is 7.14 Å². The number of ether oxygens (including phenoxy) is 1. The molecule has 0 aliphatic heterocycles. The minimum atomic E-state index is -1.54. The van der Waals surface area contributed by atoms with E-state index in [0.717, 1.165) is 0 Å². The second-order valence-electron chi connectivity index (χ2n) is 6.08. The van der Waals surface area contributed by atoms with Crippen molar-refractivity contribution in [1.82, 2.24) is 0 Å². The molecule has 94 valence electrons. The van der Waals surface area contributed by atoms with Crippen LogP contribution in [0.25, 0.3) is 0 Å². The van der Waals surface area contributed by atoms with Crippen molar-refractivity contribution in [2.24, 2.45) is 0 Å². The van der Waals surface area contributed by atoms with E-state index in [2.05, 4.69) is 35.0 Å². The second kappa shape index (κ2) is 5.22. The number of hydrogen-bond acceptors (Lipinski definition) is 2. The van der Waals surface area contributed by atoms with Gasteiger partial charge in [0.25, 0.3) is 0 Å². The molecule has 0 amide bonds. The first-order valence-electron chi connectivity index (χ1n) is 5.96. The molecule has 0 fully saturated rings. The van der Waals surface area contributed by atoms with E-state index in [1.165, 1.54) is 0 Å². The Balaban J connectivity index is 2.61. The van der Waals surface area contributed by atoms with E-state index in [1.807, 2.05) is 18.2 Å². The third kappa shape index (κ3) is 3.85. The molecule has 17 heavy (non-hydrogen) atoms. The molecule has 0 atom stereocenters. The summed E-state index contributed by atoms with van der Waals surface area (Å²) in [6.45, 7) is 8.91. The SMILES string of the molecule is B[PH](C)(COC(=O)c1ccccc1)C(C)(C)C. The summed E-state index contributed by atoms with van der Waals surface area (Å²) in [6.07, 6.45) is 0.574. The molecule has 1 aromatic carbocycles. The van der Waals surface area contributed by atoms with Gasteiger partial charge in [-0.2, -0.15) is 0 Å². The van der Waals surface area contributed by atoms with Crippen molar-refractivity contribution >= 4 is 20.7 Å². The first-order valence-corrected chi connectivity index (χ1v) is 9.17. The third-order valence-electron chi connectivity index (χ3n) is 3.60. The molecule has 0 aliphatic rings. The molecule has 0 saturated carbocycles. The number of hydrogen-bond donors (Lipinski definition) is 0. The van der Waals surface area contributed by atoms with Crippen LogP contribution in [0.2, 0.25) is 0 Å². The van der Waals surface area contributed by atoms with E-state index in [-0.39, 0.29) is 11.1 Å². The Morgan fingerprint density at radius 1 is 1.29 bits per heavy atom. The Hall–Kier alpha value is -0.815. The quantitative estimate of drug-likeness (QED) is 0.469. The maximum atomic E-state index is 11.8. The molecule has 0 radical (unpaired) electrons. The van der Waals surface area contributed by atoms with Gasteiger partial charge in [-0.3, -0.25) is 0 Å². The summed E-state index contributed by atoms with van der Waals surface area (Å²) in [5.41, 5.74) is 0.631. The predicted octanol–water partition coefficient (Wildman–Crippen LogP) is 2.53. The van der Waals surface area contributed by atoms with Crippen LogP contribution in [0.5, 0.6) is 0 Å². The zero-order valence-electron chi connectivity index (χ0n) is 11.4. The minimum absolute atomic E-state index is 0.213. The normalized spacial score (nSPS) is 13.2. The first kappa shape index (κ1) is 14.2. The number of rotatable bonds is 3. The monoisotopic (exact) mass is 252 g/mol. The Bertz CT molecular complexity index is 382. The molecule has 0 aromatic heterocycles.